The van der Waals surface area contributed by atoms with Crippen LogP contribution in [0, 0.1) is 13.8 Å². The summed E-state index contributed by atoms with van der Waals surface area (Å²) in [5.41, 5.74) is 3.29. The van der Waals surface area contributed by atoms with Gasteiger partial charge in [0.05, 0.1) is 10.9 Å². The lowest BCUT2D eigenvalue weighted by molar-refractivity contribution is -0.148. The molecule has 174 valence electrons. The van der Waals surface area contributed by atoms with Gasteiger partial charge in [-0.05, 0) is 59.5 Å². The van der Waals surface area contributed by atoms with Crippen LogP contribution in [0.4, 0.5) is 0 Å². The highest BCUT2D eigenvalue weighted by molar-refractivity contribution is 7.89. The van der Waals surface area contributed by atoms with Crippen LogP contribution in [-0.4, -0.2) is 14.4 Å². The number of sulfonamides is 1. The quantitative estimate of drug-likeness (QED) is 0.345. The number of ether oxygens (including phenoxy) is 1. The molecule has 1 N–H and O–H groups in total. The van der Waals surface area contributed by atoms with Crippen molar-refractivity contribution in [2.24, 2.45) is 0 Å². The molecule has 0 saturated heterocycles. The van der Waals surface area contributed by atoms with Gasteiger partial charge in [-0.1, -0.05) is 78.4 Å². The van der Waals surface area contributed by atoms with Gasteiger partial charge in [-0.3, -0.25) is 4.79 Å². The highest BCUT2D eigenvalue weighted by atomic mass is 32.2. The average Bonchev–Trinajstić information content (AvgIpc) is 2.81. The summed E-state index contributed by atoms with van der Waals surface area (Å²) in [5, 5.41) is 2.00. The molecular weight excluding hydrogens is 446 g/mol. The second-order valence-corrected chi connectivity index (χ2v) is 10.1. The van der Waals surface area contributed by atoms with E-state index in [2.05, 4.69) is 4.72 Å². The SMILES string of the molecule is CC(=O)O[C@H](c1ccccc1C)[C@@H](NS(=O)(=O)c1ccc(C)cc1)c1ccc2ccccc2c1. The van der Waals surface area contributed by atoms with Gasteiger partial charge in [0.15, 0.2) is 0 Å². The first-order chi connectivity index (χ1) is 16.2. The van der Waals surface area contributed by atoms with Crippen molar-refractivity contribution < 1.29 is 17.9 Å². The predicted molar refractivity (Wildman–Crippen MR) is 134 cm³/mol. The Morgan fingerprint density at radius 3 is 2.15 bits per heavy atom. The summed E-state index contributed by atoms with van der Waals surface area (Å²) >= 11 is 0. The topological polar surface area (TPSA) is 72.5 Å². The smallest absolute Gasteiger partial charge is 0.303 e. The lowest BCUT2D eigenvalue weighted by atomic mass is 9.92. The molecule has 0 fully saturated rings. The fourth-order valence-electron chi connectivity index (χ4n) is 4.05. The Morgan fingerprint density at radius 2 is 1.47 bits per heavy atom. The molecule has 0 amide bonds. The fourth-order valence-corrected chi connectivity index (χ4v) is 5.28. The molecule has 0 saturated carbocycles. The van der Waals surface area contributed by atoms with Gasteiger partial charge in [-0.25, -0.2) is 8.42 Å². The van der Waals surface area contributed by atoms with E-state index in [9.17, 15) is 13.2 Å². The predicted octanol–water partition coefficient (Wildman–Crippen LogP) is 5.78. The van der Waals surface area contributed by atoms with E-state index in [0.717, 1.165) is 27.5 Å². The van der Waals surface area contributed by atoms with Gasteiger partial charge >= 0.3 is 5.97 Å². The minimum absolute atomic E-state index is 0.148. The average molecular weight is 474 g/mol. The third-order valence-electron chi connectivity index (χ3n) is 5.84. The van der Waals surface area contributed by atoms with Crippen molar-refractivity contribution in [3.05, 3.63) is 113 Å². The van der Waals surface area contributed by atoms with Crippen LogP contribution in [0.25, 0.3) is 10.8 Å². The van der Waals surface area contributed by atoms with E-state index in [1.54, 1.807) is 24.3 Å². The van der Waals surface area contributed by atoms with Gasteiger partial charge in [0.25, 0.3) is 0 Å². The Balaban J connectivity index is 1.87. The Bertz CT molecular complexity index is 1430. The van der Waals surface area contributed by atoms with Crippen molar-refractivity contribution in [2.75, 3.05) is 0 Å². The number of rotatable bonds is 7. The van der Waals surface area contributed by atoms with E-state index in [1.165, 1.54) is 6.92 Å². The monoisotopic (exact) mass is 473 g/mol. The van der Waals surface area contributed by atoms with E-state index < -0.39 is 28.1 Å². The number of hydrogen-bond donors (Lipinski definition) is 1. The molecule has 34 heavy (non-hydrogen) atoms. The summed E-state index contributed by atoms with van der Waals surface area (Å²) in [6, 6.07) is 26.9. The number of carbonyl (C=O) groups is 1. The number of nitrogens with one attached hydrogen (secondary N) is 1. The van der Waals surface area contributed by atoms with Gasteiger partial charge in [0.2, 0.25) is 10.0 Å². The van der Waals surface area contributed by atoms with Crippen molar-refractivity contribution >= 4 is 26.8 Å². The molecule has 0 heterocycles. The molecule has 5 nitrogen and oxygen atoms in total. The molecule has 0 aromatic heterocycles. The number of benzene rings is 4. The molecule has 4 aromatic rings. The van der Waals surface area contributed by atoms with E-state index >= 15 is 0 Å². The van der Waals surface area contributed by atoms with Gasteiger partial charge in [0.1, 0.15) is 6.10 Å². The molecule has 0 spiro atoms. The van der Waals surface area contributed by atoms with Crippen LogP contribution in [0.3, 0.4) is 0 Å². The molecule has 0 unspecified atom stereocenters. The maximum absolute atomic E-state index is 13.4. The Kier molecular flexibility index (Phi) is 6.82. The third-order valence-corrected chi connectivity index (χ3v) is 7.29. The summed E-state index contributed by atoms with van der Waals surface area (Å²) in [7, 11) is -3.92. The lowest BCUT2D eigenvalue weighted by Crippen LogP contribution is -2.34. The van der Waals surface area contributed by atoms with Gasteiger partial charge in [-0.2, -0.15) is 4.72 Å². The summed E-state index contributed by atoms with van der Waals surface area (Å²) < 4.78 is 35.5. The highest BCUT2D eigenvalue weighted by Crippen LogP contribution is 2.36. The minimum atomic E-state index is -3.92. The second kappa shape index (κ2) is 9.79. The largest absolute Gasteiger partial charge is 0.456 e. The zero-order chi connectivity index (χ0) is 24.3. The third kappa shape index (κ3) is 5.19. The molecule has 6 heteroatoms. The first-order valence-electron chi connectivity index (χ1n) is 11.0. The van der Waals surface area contributed by atoms with Crippen LogP contribution in [-0.2, 0) is 19.6 Å². The van der Waals surface area contributed by atoms with E-state index in [4.69, 9.17) is 4.74 Å². The van der Waals surface area contributed by atoms with E-state index in [1.807, 2.05) is 80.6 Å². The lowest BCUT2D eigenvalue weighted by Gasteiger charge is -2.29. The number of aryl methyl sites for hydroxylation is 2. The van der Waals surface area contributed by atoms with Crippen LogP contribution in [0.5, 0.6) is 0 Å². The van der Waals surface area contributed by atoms with E-state index in [-0.39, 0.29) is 4.90 Å². The molecule has 0 aliphatic rings. The Morgan fingerprint density at radius 1 is 0.824 bits per heavy atom. The molecule has 4 rings (SSSR count). The van der Waals surface area contributed by atoms with Crippen molar-refractivity contribution in [3.8, 4) is 0 Å². The van der Waals surface area contributed by atoms with Crippen LogP contribution in [0.1, 0.15) is 41.3 Å². The summed E-state index contributed by atoms with van der Waals surface area (Å²) in [6.07, 6.45) is -0.861. The van der Waals surface area contributed by atoms with Crippen molar-refractivity contribution in [2.45, 2.75) is 37.8 Å². The number of fused-ring (bicyclic) bond motifs is 1. The summed E-state index contributed by atoms with van der Waals surface area (Å²) in [4.78, 5) is 12.3. The van der Waals surface area contributed by atoms with Crippen molar-refractivity contribution in [1.82, 2.24) is 4.72 Å². The Hall–Kier alpha value is -3.48. The molecule has 2 atom stereocenters. The zero-order valence-corrected chi connectivity index (χ0v) is 20.2. The van der Waals surface area contributed by atoms with Crippen LogP contribution in [0.15, 0.2) is 95.9 Å². The second-order valence-electron chi connectivity index (χ2n) is 8.41. The molecule has 0 bridgehead atoms. The number of esters is 1. The fraction of sp³-hybridized carbons (Fsp3) is 0.179. The van der Waals surface area contributed by atoms with Crippen LogP contribution >= 0.6 is 0 Å². The summed E-state index contributed by atoms with van der Waals surface area (Å²) in [6.45, 7) is 5.14. The zero-order valence-electron chi connectivity index (χ0n) is 19.4. The van der Waals surface area contributed by atoms with Crippen LogP contribution in [0.2, 0.25) is 0 Å². The maximum Gasteiger partial charge on any atom is 0.303 e. The van der Waals surface area contributed by atoms with Crippen LogP contribution < -0.4 is 4.72 Å². The molecule has 0 aliphatic heterocycles. The van der Waals surface area contributed by atoms with Gasteiger partial charge in [0, 0.05) is 6.92 Å². The minimum Gasteiger partial charge on any atom is -0.456 e. The molecule has 0 aliphatic carbocycles. The van der Waals surface area contributed by atoms with Crippen molar-refractivity contribution in [3.63, 3.8) is 0 Å². The standard InChI is InChI=1S/C28H27NO4S/c1-19-12-16-25(17-13-19)34(31,32)29-27(24-15-14-22-9-5-6-10-23(22)18-24)28(33-21(3)30)26-11-7-4-8-20(26)2/h4-18,27-29H,1-3H3/t27-,28+/m0/s1. The number of carbonyl (C=O) groups excluding carboxylic acids is 1. The highest BCUT2D eigenvalue weighted by Gasteiger charge is 2.33. The number of hydrogen-bond acceptors (Lipinski definition) is 4. The van der Waals surface area contributed by atoms with Crippen molar-refractivity contribution in [1.29, 1.82) is 0 Å². The normalized spacial score (nSPS) is 13.4. The molecular formula is C28H27NO4S. The Labute approximate surface area is 200 Å². The first-order valence-corrected chi connectivity index (χ1v) is 12.5. The van der Waals surface area contributed by atoms with E-state index in [0.29, 0.717) is 5.56 Å². The molecule has 4 aromatic carbocycles. The maximum atomic E-state index is 13.4. The summed E-state index contributed by atoms with van der Waals surface area (Å²) in [5.74, 6) is -0.492. The first kappa shape index (κ1) is 23.7. The molecule has 0 radical (unpaired) electrons. The van der Waals surface area contributed by atoms with Gasteiger partial charge < -0.3 is 4.74 Å². The van der Waals surface area contributed by atoms with Gasteiger partial charge in [-0.15, -0.1) is 0 Å².